The quantitative estimate of drug-likeness (QED) is 0.595. The first-order valence-corrected chi connectivity index (χ1v) is 5.36. The van der Waals surface area contributed by atoms with Gasteiger partial charge in [0.2, 0.25) is 0 Å². The first-order chi connectivity index (χ1) is 8.45. The molecule has 8 heteroatoms. The Morgan fingerprint density at radius 1 is 1.56 bits per heavy atom. The number of aromatic amines is 1. The van der Waals surface area contributed by atoms with Gasteiger partial charge in [0.05, 0.1) is 6.61 Å². The van der Waals surface area contributed by atoms with Crippen molar-refractivity contribution in [1.82, 2.24) is 9.55 Å². The minimum atomic E-state index is -1.86. The minimum absolute atomic E-state index is 0.215. The molecule has 3 N–H and O–H groups in total. The van der Waals surface area contributed by atoms with Gasteiger partial charge in [-0.3, -0.25) is 14.3 Å². The third-order valence-electron chi connectivity index (χ3n) is 2.89. The van der Waals surface area contributed by atoms with Crippen molar-refractivity contribution in [3.63, 3.8) is 0 Å². The van der Waals surface area contributed by atoms with Gasteiger partial charge in [-0.15, -0.1) is 0 Å². The molecule has 0 bridgehead atoms. The zero-order valence-electron chi connectivity index (χ0n) is 9.54. The van der Waals surface area contributed by atoms with Crippen molar-refractivity contribution in [2.24, 2.45) is 0 Å². The maximum absolute atomic E-state index is 13.8. The van der Waals surface area contributed by atoms with Gasteiger partial charge >= 0.3 is 5.69 Å². The number of hydrogen-bond acceptors (Lipinski definition) is 5. The lowest BCUT2D eigenvalue weighted by Gasteiger charge is -2.15. The summed E-state index contributed by atoms with van der Waals surface area (Å²) < 4.78 is 19.7. The molecule has 7 nitrogen and oxygen atoms in total. The van der Waals surface area contributed by atoms with Crippen LogP contribution in [0.4, 0.5) is 4.39 Å². The third kappa shape index (κ3) is 1.98. The van der Waals surface area contributed by atoms with Gasteiger partial charge in [0.25, 0.3) is 5.56 Å². The molecule has 0 amide bonds. The fourth-order valence-corrected chi connectivity index (χ4v) is 1.85. The number of alkyl halides is 1. The predicted molar refractivity (Wildman–Crippen MR) is 58.0 cm³/mol. The Bertz CT molecular complexity index is 554. The number of rotatable bonds is 2. The van der Waals surface area contributed by atoms with Crippen LogP contribution >= 0.6 is 0 Å². The van der Waals surface area contributed by atoms with Gasteiger partial charge in [-0.1, -0.05) is 0 Å². The Balaban J connectivity index is 2.42. The van der Waals surface area contributed by atoms with E-state index in [9.17, 15) is 19.1 Å². The average molecular weight is 259 g/mol. The number of aromatic nitrogens is 2. The highest BCUT2D eigenvalue weighted by Crippen LogP contribution is 2.30. The maximum Gasteiger partial charge on any atom is 0.330 e. The van der Waals surface area contributed by atoms with Gasteiger partial charge < -0.3 is 14.9 Å². The first-order valence-electron chi connectivity index (χ1n) is 5.36. The van der Waals surface area contributed by atoms with Crippen molar-refractivity contribution in [2.45, 2.75) is 31.5 Å². The molecule has 18 heavy (non-hydrogen) atoms. The molecule has 1 aromatic heterocycles. The van der Waals surface area contributed by atoms with Gasteiger partial charge in [0.15, 0.2) is 12.4 Å². The minimum Gasteiger partial charge on any atom is -0.394 e. The van der Waals surface area contributed by atoms with E-state index in [0.29, 0.717) is 0 Å². The summed E-state index contributed by atoms with van der Waals surface area (Å²) in [4.78, 5) is 24.7. The second-order valence-electron chi connectivity index (χ2n) is 4.16. The highest BCUT2D eigenvalue weighted by atomic mass is 19.1. The van der Waals surface area contributed by atoms with E-state index in [2.05, 4.69) is 0 Å². The fourth-order valence-electron chi connectivity index (χ4n) is 1.85. The lowest BCUT2D eigenvalue weighted by Crippen LogP contribution is -2.36. The zero-order chi connectivity index (χ0) is 13.4. The van der Waals surface area contributed by atoms with Gasteiger partial charge in [-0.05, 0) is 6.92 Å². The van der Waals surface area contributed by atoms with Crippen LogP contribution < -0.4 is 11.2 Å². The lowest BCUT2D eigenvalue weighted by molar-refractivity contribution is -0.0492. The van der Waals surface area contributed by atoms with Crippen molar-refractivity contribution in [3.8, 4) is 0 Å². The molecule has 1 aliphatic rings. The largest absolute Gasteiger partial charge is 0.394 e. The summed E-state index contributed by atoms with van der Waals surface area (Å²) in [6, 6.07) is 0. The molecule has 0 radical (unpaired) electrons. The molecule has 1 aliphatic heterocycles. The number of ether oxygens (including phenoxy) is 1. The Morgan fingerprint density at radius 3 is 2.78 bits per heavy atom. The average Bonchev–Trinajstić information content (AvgIpc) is 2.61. The Hall–Kier alpha value is -1.51. The van der Waals surface area contributed by atoms with E-state index >= 15 is 0 Å². The van der Waals surface area contributed by atoms with Crippen LogP contribution in [0.2, 0.25) is 0 Å². The maximum atomic E-state index is 13.8. The van der Waals surface area contributed by atoms with Crippen LogP contribution in [0.1, 0.15) is 11.8 Å². The Labute approximate surface area is 100 Å². The normalized spacial score (nSPS) is 31.8. The molecule has 0 aromatic carbocycles. The van der Waals surface area contributed by atoms with Crippen LogP contribution in [0.3, 0.4) is 0 Å². The topological polar surface area (TPSA) is 105 Å². The van der Waals surface area contributed by atoms with E-state index < -0.39 is 42.5 Å². The van der Waals surface area contributed by atoms with E-state index in [-0.39, 0.29) is 5.56 Å². The summed E-state index contributed by atoms with van der Waals surface area (Å²) in [6.07, 6.45) is -4.67. The van der Waals surface area contributed by atoms with Crippen LogP contribution in [-0.2, 0) is 4.74 Å². The third-order valence-corrected chi connectivity index (χ3v) is 2.89. The lowest BCUT2D eigenvalue weighted by atomic mass is 10.1. The van der Waals surface area contributed by atoms with Crippen LogP contribution in [-0.4, -0.2) is 44.8 Å². The number of aliphatic hydroxyl groups is 2. The molecule has 100 valence electrons. The molecule has 4 unspecified atom stereocenters. The summed E-state index contributed by atoms with van der Waals surface area (Å²) in [5.41, 5.74) is -1.18. The van der Waals surface area contributed by atoms with E-state index in [1.54, 1.807) is 0 Å². The second-order valence-corrected chi connectivity index (χ2v) is 4.16. The van der Waals surface area contributed by atoms with E-state index in [4.69, 9.17) is 9.84 Å². The molecule has 0 saturated carbocycles. The molecular formula is C10H13FN2O5. The number of nitrogens with zero attached hydrogens (tertiary/aromatic N) is 1. The van der Waals surface area contributed by atoms with Gasteiger partial charge in [-0.25, -0.2) is 9.18 Å². The predicted octanol–water partition coefficient (Wildman–Crippen LogP) is -1.57. The van der Waals surface area contributed by atoms with Gasteiger partial charge in [0.1, 0.15) is 12.2 Å². The summed E-state index contributed by atoms with van der Waals surface area (Å²) in [5, 5.41) is 18.3. The number of H-pyrrole nitrogens is 1. The Kier molecular flexibility index (Phi) is 3.33. The number of nitrogens with one attached hydrogen (secondary N) is 1. The highest BCUT2D eigenvalue weighted by Gasteiger charge is 2.45. The van der Waals surface area contributed by atoms with Crippen molar-refractivity contribution in [3.05, 3.63) is 32.6 Å². The van der Waals surface area contributed by atoms with Crippen molar-refractivity contribution in [2.75, 3.05) is 6.61 Å². The van der Waals surface area contributed by atoms with Gasteiger partial charge in [0, 0.05) is 11.8 Å². The molecule has 2 heterocycles. The zero-order valence-corrected chi connectivity index (χ0v) is 9.54. The summed E-state index contributed by atoms with van der Waals surface area (Å²) in [6.45, 7) is 0.895. The van der Waals surface area contributed by atoms with E-state index in [0.717, 1.165) is 10.8 Å². The highest BCUT2D eigenvalue weighted by molar-refractivity contribution is 5.03. The first kappa shape index (κ1) is 12.9. The monoisotopic (exact) mass is 259 g/mol. The van der Waals surface area contributed by atoms with E-state index in [1.807, 2.05) is 4.98 Å². The van der Waals surface area contributed by atoms with Crippen molar-refractivity contribution < 1.29 is 19.3 Å². The molecule has 4 atom stereocenters. The summed E-state index contributed by atoms with van der Waals surface area (Å²) >= 11 is 0. The second kappa shape index (κ2) is 4.63. The molecule has 1 aromatic rings. The van der Waals surface area contributed by atoms with Crippen LogP contribution in [0.15, 0.2) is 15.8 Å². The van der Waals surface area contributed by atoms with Crippen LogP contribution in [0, 0.1) is 6.92 Å². The van der Waals surface area contributed by atoms with Crippen molar-refractivity contribution >= 4 is 0 Å². The molecule has 1 fully saturated rings. The smallest absolute Gasteiger partial charge is 0.330 e. The SMILES string of the molecule is [11CH3]c1cn(C2OC(CO)C(O)C2F)c(=O)[nH]c1=O. The Morgan fingerprint density at radius 2 is 2.22 bits per heavy atom. The standard InChI is InChI=1S/C10H13FN2O5/c1-4-2-13(10(17)12-8(4)16)9-6(11)7(15)5(3-14)18-9/h2,5-7,9,14-15H,3H2,1H3,(H,12,16,17)/i1-1. The van der Waals surface area contributed by atoms with Crippen LogP contribution in [0.5, 0.6) is 0 Å². The van der Waals surface area contributed by atoms with Crippen molar-refractivity contribution in [1.29, 1.82) is 0 Å². The fraction of sp³-hybridized carbons (Fsp3) is 0.600. The molecule has 0 aliphatic carbocycles. The number of halogens is 1. The number of aryl methyl sites for hydroxylation is 1. The molecule has 2 rings (SSSR count). The number of aliphatic hydroxyl groups excluding tert-OH is 2. The van der Waals surface area contributed by atoms with Gasteiger partial charge in [-0.2, -0.15) is 0 Å². The summed E-state index contributed by atoms with van der Waals surface area (Å²) in [5.74, 6) is 0. The molecular weight excluding hydrogens is 246 g/mol. The summed E-state index contributed by atoms with van der Waals surface area (Å²) in [7, 11) is 0. The molecule has 0 spiro atoms. The van der Waals surface area contributed by atoms with E-state index in [1.165, 1.54) is 6.92 Å². The van der Waals surface area contributed by atoms with Crippen LogP contribution in [0.25, 0.3) is 0 Å². The molecule has 1 saturated heterocycles. The number of hydrogen-bond donors (Lipinski definition) is 3.